The predicted octanol–water partition coefficient (Wildman–Crippen LogP) is 3.15. The van der Waals surface area contributed by atoms with Gasteiger partial charge in [0.05, 0.1) is 17.1 Å². The van der Waals surface area contributed by atoms with Crippen molar-refractivity contribution in [1.29, 1.82) is 0 Å². The lowest BCUT2D eigenvalue weighted by Gasteiger charge is -2.33. The number of nitrogens with zero attached hydrogens (tertiary/aromatic N) is 4. The summed E-state index contributed by atoms with van der Waals surface area (Å²) in [5.74, 6) is 0.675. The van der Waals surface area contributed by atoms with Gasteiger partial charge in [0.2, 0.25) is 0 Å². The van der Waals surface area contributed by atoms with E-state index in [9.17, 15) is 9.59 Å². The fourth-order valence-electron chi connectivity index (χ4n) is 4.09. The van der Waals surface area contributed by atoms with Crippen molar-refractivity contribution >= 4 is 28.4 Å². The Morgan fingerprint density at radius 3 is 2.93 bits per heavy atom. The second kappa shape index (κ2) is 6.64. The van der Waals surface area contributed by atoms with Crippen LogP contribution in [-0.4, -0.2) is 38.0 Å². The number of hydrogen-bond donors (Lipinski definition) is 0. The zero-order chi connectivity index (χ0) is 18.4. The molecule has 7 heteroatoms. The summed E-state index contributed by atoms with van der Waals surface area (Å²) in [6, 6.07) is 5.72. The number of hydrogen-bond acceptors (Lipinski definition) is 4. The zero-order valence-corrected chi connectivity index (χ0v) is 15.9. The van der Waals surface area contributed by atoms with Crippen molar-refractivity contribution < 1.29 is 4.79 Å². The third kappa shape index (κ3) is 3.00. The van der Waals surface area contributed by atoms with E-state index in [1.807, 2.05) is 43.0 Å². The summed E-state index contributed by atoms with van der Waals surface area (Å²) in [5, 5.41) is 3.82. The Kier molecular flexibility index (Phi) is 4.11. The zero-order valence-electron chi connectivity index (χ0n) is 15.1. The minimum atomic E-state index is -0.0216. The van der Waals surface area contributed by atoms with Crippen LogP contribution >= 0.6 is 11.3 Å². The molecule has 1 saturated carbocycles. The highest BCUT2D eigenvalue weighted by Crippen LogP contribution is 2.32. The minimum Gasteiger partial charge on any atom is -0.337 e. The summed E-state index contributed by atoms with van der Waals surface area (Å²) in [7, 11) is 0. The monoisotopic (exact) mass is 382 g/mol. The highest BCUT2D eigenvalue weighted by molar-refractivity contribution is 7.08. The van der Waals surface area contributed by atoms with Crippen LogP contribution in [0.15, 0.2) is 40.0 Å². The number of aromatic nitrogens is 3. The summed E-state index contributed by atoms with van der Waals surface area (Å²) in [6.07, 6.45) is 5.94. The third-order valence-electron chi connectivity index (χ3n) is 5.68. The van der Waals surface area contributed by atoms with Gasteiger partial charge in [-0.1, -0.05) is 0 Å². The number of rotatable bonds is 4. The van der Waals surface area contributed by atoms with Gasteiger partial charge in [-0.05, 0) is 55.2 Å². The van der Waals surface area contributed by atoms with Crippen LogP contribution in [0, 0.1) is 5.92 Å². The van der Waals surface area contributed by atoms with Gasteiger partial charge >= 0.3 is 5.69 Å². The van der Waals surface area contributed by atoms with Gasteiger partial charge in [0.25, 0.3) is 5.91 Å². The molecule has 0 unspecified atom stereocenters. The fourth-order valence-corrected chi connectivity index (χ4v) is 4.72. The lowest BCUT2D eigenvalue weighted by atomic mass is 10.0. The molecule has 0 aromatic carbocycles. The smallest absolute Gasteiger partial charge is 0.330 e. The lowest BCUT2D eigenvalue weighted by molar-refractivity contribution is 0.0679. The third-order valence-corrected chi connectivity index (χ3v) is 6.36. The van der Waals surface area contributed by atoms with Crippen LogP contribution in [0.25, 0.3) is 11.2 Å². The molecule has 3 aromatic rings. The van der Waals surface area contributed by atoms with Crippen molar-refractivity contribution in [1.82, 2.24) is 19.0 Å². The number of carbonyl (C=O) groups is 1. The van der Waals surface area contributed by atoms with E-state index in [0.29, 0.717) is 12.5 Å². The topological polar surface area (TPSA) is 60.1 Å². The Hall–Kier alpha value is -2.41. The second-order valence-electron chi connectivity index (χ2n) is 7.61. The molecule has 2 fully saturated rings. The molecular weight excluding hydrogens is 360 g/mol. The van der Waals surface area contributed by atoms with Crippen LogP contribution in [0.2, 0.25) is 0 Å². The maximum atomic E-state index is 13.2. The molecule has 1 aliphatic carbocycles. The first-order valence-electron chi connectivity index (χ1n) is 9.59. The molecule has 3 aromatic heterocycles. The van der Waals surface area contributed by atoms with Crippen LogP contribution in [0.1, 0.15) is 42.1 Å². The maximum Gasteiger partial charge on any atom is 0.330 e. The van der Waals surface area contributed by atoms with Crippen molar-refractivity contribution in [3.05, 3.63) is 51.2 Å². The van der Waals surface area contributed by atoms with Crippen molar-refractivity contribution in [3.8, 4) is 0 Å². The van der Waals surface area contributed by atoms with E-state index in [2.05, 4.69) is 4.98 Å². The van der Waals surface area contributed by atoms with Crippen molar-refractivity contribution in [3.63, 3.8) is 0 Å². The van der Waals surface area contributed by atoms with Crippen LogP contribution in [0.5, 0.6) is 0 Å². The molecule has 1 aliphatic heterocycles. The van der Waals surface area contributed by atoms with E-state index in [4.69, 9.17) is 0 Å². The van der Waals surface area contributed by atoms with E-state index < -0.39 is 0 Å². The molecule has 1 saturated heterocycles. The van der Waals surface area contributed by atoms with Gasteiger partial charge in [-0.25, -0.2) is 9.78 Å². The van der Waals surface area contributed by atoms with E-state index in [-0.39, 0.29) is 17.6 Å². The number of likely N-dealkylation sites (tertiary alicyclic amines) is 1. The summed E-state index contributed by atoms with van der Waals surface area (Å²) in [5.41, 5.74) is 2.42. The summed E-state index contributed by atoms with van der Waals surface area (Å²) in [6.45, 7) is 2.08. The Morgan fingerprint density at radius 1 is 1.26 bits per heavy atom. The molecule has 140 valence electrons. The van der Waals surface area contributed by atoms with Crippen LogP contribution in [0.3, 0.4) is 0 Å². The van der Waals surface area contributed by atoms with Gasteiger partial charge in [0.1, 0.15) is 0 Å². The van der Waals surface area contributed by atoms with E-state index in [0.717, 1.165) is 42.7 Å². The molecule has 4 heterocycles. The molecule has 0 radical (unpaired) electrons. The Morgan fingerprint density at radius 2 is 2.15 bits per heavy atom. The van der Waals surface area contributed by atoms with Gasteiger partial charge in [-0.2, -0.15) is 11.3 Å². The van der Waals surface area contributed by atoms with Crippen LogP contribution in [0.4, 0.5) is 0 Å². The standard InChI is InChI=1S/C20H22N4O2S/c25-19(15-7-10-27-13-15)22-9-2-3-16(12-22)24-18-17(4-1-8-21-18)23(20(24)26)11-14-5-6-14/h1,4,7-8,10,13-14,16H,2-3,5-6,9,11-12H2/t16-/m0/s1. The highest BCUT2D eigenvalue weighted by atomic mass is 32.1. The molecule has 27 heavy (non-hydrogen) atoms. The number of thiophene rings is 1. The largest absolute Gasteiger partial charge is 0.337 e. The van der Waals surface area contributed by atoms with Gasteiger partial charge in [0.15, 0.2) is 5.65 Å². The Labute approximate surface area is 161 Å². The Bertz CT molecular complexity index is 1030. The average Bonchev–Trinajstić information content (AvgIpc) is 3.26. The molecule has 1 atom stereocenters. The van der Waals surface area contributed by atoms with Crippen molar-refractivity contribution in [2.75, 3.05) is 13.1 Å². The van der Waals surface area contributed by atoms with Crippen LogP contribution < -0.4 is 5.69 Å². The number of piperidine rings is 1. The first-order chi connectivity index (χ1) is 13.2. The SMILES string of the molecule is O=C(c1ccsc1)N1CCC[C@H](n2c(=O)n(CC3CC3)c3cccnc32)C1. The molecule has 5 rings (SSSR count). The number of pyridine rings is 1. The molecule has 0 bridgehead atoms. The maximum absolute atomic E-state index is 13.2. The van der Waals surface area contributed by atoms with Crippen molar-refractivity contribution in [2.24, 2.45) is 5.92 Å². The molecule has 0 N–H and O–H groups in total. The summed E-state index contributed by atoms with van der Waals surface area (Å²) in [4.78, 5) is 32.4. The first kappa shape index (κ1) is 16.7. The fraction of sp³-hybridized carbons (Fsp3) is 0.450. The van der Waals surface area contributed by atoms with Gasteiger partial charge < -0.3 is 4.90 Å². The van der Waals surface area contributed by atoms with E-state index in [1.54, 1.807) is 6.20 Å². The molecular formula is C20H22N4O2S. The van der Waals surface area contributed by atoms with Gasteiger partial charge in [0, 0.05) is 31.2 Å². The highest BCUT2D eigenvalue weighted by Gasteiger charge is 2.30. The molecule has 1 amide bonds. The molecule has 0 spiro atoms. The quantitative estimate of drug-likeness (QED) is 0.696. The number of fused-ring (bicyclic) bond motifs is 1. The van der Waals surface area contributed by atoms with Crippen molar-refractivity contribution in [2.45, 2.75) is 38.3 Å². The summed E-state index contributed by atoms with van der Waals surface area (Å²) >= 11 is 1.53. The number of carbonyl (C=O) groups excluding carboxylic acids is 1. The molecule has 6 nitrogen and oxygen atoms in total. The number of amides is 1. The lowest BCUT2D eigenvalue weighted by Crippen LogP contribution is -2.43. The van der Waals surface area contributed by atoms with E-state index >= 15 is 0 Å². The van der Waals surface area contributed by atoms with Gasteiger partial charge in [-0.3, -0.25) is 13.9 Å². The Balaban J connectivity index is 1.50. The molecule has 2 aliphatic rings. The normalized spacial score (nSPS) is 20.3. The average molecular weight is 382 g/mol. The van der Waals surface area contributed by atoms with Crippen LogP contribution in [-0.2, 0) is 6.54 Å². The van der Waals surface area contributed by atoms with E-state index in [1.165, 1.54) is 24.2 Å². The minimum absolute atomic E-state index is 0.0189. The second-order valence-corrected chi connectivity index (χ2v) is 8.39. The number of imidazole rings is 1. The van der Waals surface area contributed by atoms with Gasteiger partial charge in [-0.15, -0.1) is 0 Å². The predicted molar refractivity (Wildman–Crippen MR) is 105 cm³/mol. The summed E-state index contributed by atoms with van der Waals surface area (Å²) < 4.78 is 3.73. The first-order valence-corrected chi connectivity index (χ1v) is 10.5.